The fourth-order valence-corrected chi connectivity index (χ4v) is 2.96. The molecule has 1 aliphatic rings. The van der Waals surface area contributed by atoms with Crippen LogP contribution in [0.2, 0.25) is 0 Å². The Balaban J connectivity index is 1.68. The van der Waals surface area contributed by atoms with Crippen LogP contribution in [0.4, 0.5) is 5.82 Å². The molecular weight excluding hydrogens is 322 g/mol. The summed E-state index contributed by atoms with van der Waals surface area (Å²) in [6.07, 6.45) is 2.68. The molecule has 3 heterocycles. The molecule has 0 amide bonds. The highest BCUT2D eigenvalue weighted by Crippen LogP contribution is 2.20. The molecule has 8 nitrogen and oxygen atoms in total. The maximum Gasteiger partial charge on any atom is 0.341 e. The maximum atomic E-state index is 12.2. The number of nitrogens with zero attached hydrogens (tertiary/aromatic N) is 5. The van der Waals surface area contributed by atoms with Gasteiger partial charge in [0.2, 0.25) is 5.89 Å². The van der Waals surface area contributed by atoms with Gasteiger partial charge >= 0.3 is 5.97 Å². The number of anilines is 1. The van der Waals surface area contributed by atoms with E-state index in [1.807, 2.05) is 0 Å². The van der Waals surface area contributed by atoms with E-state index in [4.69, 9.17) is 9.26 Å². The Bertz CT molecular complexity index is 718. The summed E-state index contributed by atoms with van der Waals surface area (Å²) in [4.78, 5) is 25.3. The van der Waals surface area contributed by atoms with Gasteiger partial charge in [-0.3, -0.25) is 4.90 Å². The highest BCUT2D eigenvalue weighted by Gasteiger charge is 2.22. The van der Waals surface area contributed by atoms with Crippen molar-refractivity contribution in [2.24, 2.45) is 0 Å². The van der Waals surface area contributed by atoms with E-state index >= 15 is 0 Å². The summed E-state index contributed by atoms with van der Waals surface area (Å²) in [5.74, 6) is 1.65. The summed E-state index contributed by atoms with van der Waals surface area (Å²) in [5, 5.41) is 3.96. The van der Waals surface area contributed by atoms with E-state index in [1.54, 1.807) is 32.2 Å². The monoisotopic (exact) mass is 345 g/mol. The minimum atomic E-state index is -0.325. The molecule has 0 N–H and O–H groups in total. The van der Waals surface area contributed by atoms with Crippen LogP contribution in [0.25, 0.3) is 0 Å². The number of hydrogen-bond acceptors (Lipinski definition) is 8. The van der Waals surface area contributed by atoms with Gasteiger partial charge in [-0.25, -0.2) is 9.78 Å². The fraction of sp³-hybridized carbons (Fsp3) is 0.529. The predicted molar refractivity (Wildman–Crippen MR) is 91.3 cm³/mol. The quantitative estimate of drug-likeness (QED) is 0.757. The third kappa shape index (κ3) is 4.33. The van der Waals surface area contributed by atoms with Crippen molar-refractivity contribution in [3.63, 3.8) is 0 Å². The van der Waals surface area contributed by atoms with Crippen LogP contribution in [0, 0.1) is 6.92 Å². The molecule has 1 saturated heterocycles. The van der Waals surface area contributed by atoms with Crippen LogP contribution in [-0.4, -0.2) is 58.8 Å². The van der Waals surface area contributed by atoms with Gasteiger partial charge in [0, 0.05) is 39.3 Å². The van der Waals surface area contributed by atoms with Crippen LogP contribution in [-0.2, 0) is 11.3 Å². The van der Waals surface area contributed by atoms with Gasteiger partial charge in [-0.2, -0.15) is 4.98 Å². The van der Waals surface area contributed by atoms with Gasteiger partial charge in [0.25, 0.3) is 0 Å². The molecule has 2 aromatic rings. The zero-order chi connectivity index (χ0) is 17.6. The van der Waals surface area contributed by atoms with Crippen molar-refractivity contribution in [2.75, 3.05) is 37.7 Å². The third-order valence-corrected chi connectivity index (χ3v) is 4.10. The molecule has 0 unspecified atom stereocenters. The standard InChI is InChI=1S/C17H23N5O3/c1-3-24-17(23)14-6-4-7-18-16(14)22-9-5-8-21(10-11-22)12-15-19-13(2)25-20-15/h4,6-7H,3,5,8-12H2,1-2H3. The first-order chi connectivity index (χ1) is 12.2. The SMILES string of the molecule is CCOC(=O)c1cccnc1N1CCCN(Cc2noc(C)n2)CC1. The molecule has 0 atom stereocenters. The lowest BCUT2D eigenvalue weighted by Gasteiger charge is -2.23. The van der Waals surface area contributed by atoms with Crippen LogP contribution in [0.3, 0.4) is 0 Å². The number of ether oxygens (including phenoxy) is 1. The Morgan fingerprint density at radius 2 is 2.20 bits per heavy atom. The molecule has 0 bridgehead atoms. The molecule has 0 aromatic carbocycles. The van der Waals surface area contributed by atoms with Crippen molar-refractivity contribution in [3.05, 3.63) is 35.6 Å². The minimum absolute atomic E-state index is 0.325. The molecule has 0 saturated carbocycles. The van der Waals surface area contributed by atoms with Crippen LogP contribution >= 0.6 is 0 Å². The lowest BCUT2D eigenvalue weighted by molar-refractivity contribution is 0.0526. The predicted octanol–water partition coefficient (Wildman–Crippen LogP) is 1.66. The Morgan fingerprint density at radius 3 is 2.96 bits per heavy atom. The number of hydrogen-bond donors (Lipinski definition) is 0. The highest BCUT2D eigenvalue weighted by atomic mass is 16.5. The van der Waals surface area contributed by atoms with E-state index < -0.39 is 0 Å². The first kappa shape index (κ1) is 17.3. The number of carbonyl (C=O) groups is 1. The van der Waals surface area contributed by atoms with Gasteiger partial charge in [-0.15, -0.1) is 0 Å². The molecule has 3 rings (SSSR count). The Labute approximate surface area is 146 Å². The number of pyridine rings is 1. The molecule has 0 aliphatic carbocycles. The van der Waals surface area contributed by atoms with Gasteiger partial charge in [0.15, 0.2) is 5.82 Å². The zero-order valence-electron chi connectivity index (χ0n) is 14.6. The Kier molecular flexibility index (Phi) is 5.60. The number of rotatable bonds is 5. The van der Waals surface area contributed by atoms with E-state index in [0.29, 0.717) is 36.2 Å². The van der Waals surface area contributed by atoms with Crippen molar-refractivity contribution >= 4 is 11.8 Å². The van der Waals surface area contributed by atoms with Crippen LogP contribution in [0.15, 0.2) is 22.9 Å². The molecule has 1 aliphatic heterocycles. The van der Waals surface area contributed by atoms with Crippen molar-refractivity contribution in [1.29, 1.82) is 0 Å². The smallest absolute Gasteiger partial charge is 0.341 e. The summed E-state index contributed by atoms with van der Waals surface area (Å²) in [6, 6.07) is 3.53. The molecule has 134 valence electrons. The summed E-state index contributed by atoms with van der Waals surface area (Å²) < 4.78 is 10.2. The van der Waals surface area contributed by atoms with Gasteiger partial charge in [-0.05, 0) is 25.5 Å². The zero-order valence-corrected chi connectivity index (χ0v) is 14.6. The molecular formula is C17H23N5O3. The van der Waals surface area contributed by atoms with Crippen molar-refractivity contribution < 1.29 is 14.1 Å². The second-order valence-corrected chi connectivity index (χ2v) is 5.94. The normalized spacial score (nSPS) is 15.8. The first-order valence-electron chi connectivity index (χ1n) is 8.56. The first-order valence-corrected chi connectivity index (χ1v) is 8.56. The Morgan fingerprint density at radius 1 is 1.32 bits per heavy atom. The van der Waals surface area contributed by atoms with Crippen molar-refractivity contribution in [2.45, 2.75) is 26.8 Å². The number of aromatic nitrogens is 3. The van der Waals surface area contributed by atoms with Gasteiger partial charge in [0.05, 0.1) is 13.2 Å². The lowest BCUT2D eigenvalue weighted by atomic mass is 10.2. The minimum Gasteiger partial charge on any atom is -0.462 e. The summed E-state index contributed by atoms with van der Waals surface area (Å²) >= 11 is 0. The Hall–Kier alpha value is -2.48. The van der Waals surface area contributed by atoms with Gasteiger partial charge in [-0.1, -0.05) is 5.16 Å². The summed E-state index contributed by atoms with van der Waals surface area (Å²) in [5.41, 5.74) is 0.520. The van der Waals surface area contributed by atoms with E-state index in [0.717, 1.165) is 32.6 Å². The summed E-state index contributed by atoms with van der Waals surface area (Å²) in [6.45, 7) is 8.00. The third-order valence-electron chi connectivity index (χ3n) is 4.10. The molecule has 8 heteroatoms. The topological polar surface area (TPSA) is 84.6 Å². The molecule has 25 heavy (non-hydrogen) atoms. The molecule has 0 radical (unpaired) electrons. The number of esters is 1. The van der Waals surface area contributed by atoms with E-state index in [1.165, 1.54) is 0 Å². The average Bonchev–Trinajstić information content (AvgIpc) is 2.88. The highest BCUT2D eigenvalue weighted by molar-refractivity contribution is 5.94. The van der Waals surface area contributed by atoms with Gasteiger partial charge in [0.1, 0.15) is 11.4 Å². The number of carbonyl (C=O) groups excluding carboxylic acids is 1. The van der Waals surface area contributed by atoms with E-state index in [-0.39, 0.29) is 5.97 Å². The molecule has 0 spiro atoms. The fourth-order valence-electron chi connectivity index (χ4n) is 2.96. The maximum absolute atomic E-state index is 12.2. The van der Waals surface area contributed by atoms with E-state index in [9.17, 15) is 4.79 Å². The second-order valence-electron chi connectivity index (χ2n) is 5.94. The molecule has 2 aromatic heterocycles. The van der Waals surface area contributed by atoms with Crippen LogP contribution < -0.4 is 4.90 Å². The second kappa shape index (κ2) is 8.06. The average molecular weight is 345 g/mol. The van der Waals surface area contributed by atoms with Crippen LogP contribution in [0.1, 0.15) is 35.4 Å². The summed E-state index contributed by atoms with van der Waals surface area (Å²) in [7, 11) is 0. The van der Waals surface area contributed by atoms with Gasteiger partial charge < -0.3 is 14.2 Å². The number of aryl methyl sites for hydroxylation is 1. The van der Waals surface area contributed by atoms with Crippen molar-refractivity contribution in [1.82, 2.24) is 20.0 Å². The van der Waals surface area contributed by atoms with Crippen LogP contribution in [0.5, 0.6) is 0 Å². The lowest BCUT2D eigenvalue weighted by Crippen LogP contribution is -2.32. The molecule has 1 fully saturated rings. The largest absolute Gasteiger partial charge is 0.462 e. The van der Waals surface area contributed by atoms with Crippen molar-refractivity contribution in [3.8, 4) is 0 Å². The van der Waals surface area contributed by atoms with E-state index in [2.05, 4.69) is 24.9 Å².